The zero-order valence-electron chi connectivity index (χ0n) is 17.8. The maximum Gasteiger partial charge on any atom is 0.295 e. The Morgan fingerprint density at radius 2 is 1.61 bits per heavy atom. The number of Topliss-reactive ketones (excluding diaryl/α,β-unsaturated/α-hetero) is 1. The van der Waals surface area contributed by atoms with Crippen LogP contribution >= 0.6 is 0 Å². The Kier molecular flexibility index (Phi) is 5.98. The van der Waals surface area contributed by atoms with Crippen molar-refractivity contribution in [2.24, 2.45) is 0 Å². The van der Waals surface area contributed by atoms with E-state index in [0.717, 1.165) is 37.7 Å². The Morgan fingerprint density at radius 1 is 0.935 bits per heavy atom. The first-order valence-corrected chi connectivity index (χ1v) is 10.6. The Labute approximate surface area is 182 Å². The summed E-state index contributed by atoms with van der Waals surface area (Å²) in [5.74, 6) is -0.0895. The first-order valence-electron chi connectivity index (χ1n) is 10.6. The molecule has 1 aliphatic carbocycles. The molecule has 1 saturated heterocycles. The summed E-state index contributed by atoms with van der Waals surface area (Å²) in [6.07, 6.45) is 4.90. The van der Waals surface area contributed by atoms with Gasteiger partial charge in [0.15, 0.2) is 0 Å². The van der Waals surface area contributed by atoms with Crippen LogP contribution in [-0.4, -0.2) is 42.0 Å². The zero-order valence-corrected chi connectivity index (χ0v) is 17.8. The van der Waals surface area contributed by atoms with Crippen LogP contribution in [0.3, 0.4) is 0 Å². The Hall–Kier alpha value is -3.28. The van der Waals surface area contributed by atoms with Crippen molar-refractivity contribution in [3.05, 3.63) is 65.2 Å². The molecule has 0 bridgehead atoms. The van der Waals surface area contributed by atoms with Crippen LogP contribution in [0.5, 0.6) is 11.5 Å². The Balaban J connectivity index is 1.86. The number of hydrogen-bond acceptors (Lipinski definition) is 5. The van der Waals surface area contributed by atoms with Gasteiger partial charge >= 0.3 is 0 Å². The van der Waals surface area contributed by atoms with E-state index in [0.29, 0.717) is 17.1 Å². The fraction of sp³-hybridized carbons (Fsp3) is 0.360. The van der Waals surface area contributed by atoms with Crippen LogP contribution in [0.1, 0.15) is 49.3 Å². The number of rotatable bonds is 5. The minimum absolute atomic E-state index is 0.0254. The van der Waals surface area contributed by atoms with Crippen molar-refractivity contribution < 1.29 is 24.2 Å². The van der Waals surface area contributed by atoms with E-state index in [-0.39, 0.29) is 17.4 Å². The topological polar surface area (TPSA) is 76.1 Å². The highest BCUT2D eigenvalue weighted by Gasteiger charge is 2.48. The molecular weight excluding hydrogens is 394 g/mol. The average Bonchev–Trinajstić information content (AvgIpc) is 3.09. The molecule has 2 aromatic rings. The van der Waals surface area contributed by atoms with Crippen molar-refractivity contribution in [2.45, 2.75) is 44.2 Å². The monoisotopic (exact) mass is 421 g/mol. The van der Waals surface area contributed by atoms with E-state index in [9.17, 15) is 14.7 Å². The van der Waals surface area contributed by atoms with E-state index in [1.807, 2.05) is 24.3 Å². The average molecular weight is 421 g/mol. The van der Waals surface area contributed by atoms with E-state index >= 15 is 0 Å². The van der Waals surface area contributed by atoms with E-state index in [2.05, 4.69) is 0 Å². The predicted molar refractivity (Wildman–Crippen MR) is 117 cm³/mol. The molecule has 0 aromatic heterocycles. The quantitative estimate of drug-likeness (QED) is 0.438. The van der Waals surface area contributed by atoms with Crippen molar-refractivity contribution in [2.75, 3.05) is 14.2 Å². The van der Waals surface area contributed by atoms with Crippen LogP contribution in [-0.2, 0) is 9.59 Å². The second-order valence-corrected chi connectivity index (χ2v) is 8.00. The lowest BCUT2D eigenvalue weighted by atomic mass is 9.91. The second kappa shape index (κ2) is 8.84. The van der Waals surface area contributed by atoms with Gasteiger partial charge in [-0.15, -0.1) is 0 Å². The molecule has 2 fully saturated rings. The van der Waals surface area contributed by atoms with Gasteiger partial charge < -0.3 is 19.5 Å². The molecule has 0 spiro atoms. The van der Waals surface area contributed by atoms with Crippen LogP contribution in [0.15, 0.2) is 54.1 Å². The molecule has 2 aromatic carbocycles. The fourth-order valence-electron chi connectivity index (χ4n) is 4.63. The first kappa shape index (κ1) is 21.0. The minimum Gasteiger partial charge on any atom is -0.507 e. The SMILES string of the molecule is COc1ccc(/C(O)=C2/C(=O)C(=O)N(C3CCCCC3)C2c2cccc(OC)c2)cc1. The number of ether oxygens (including phenoxy) is 2. The largest absolute Gasteiger partial charge is 0.507 e. The molecule has 31 heavy (non-hydrogen) atoms. The summed E-state index contributed by atoms with van der Waals surface area (Å²) in [6, 6.07) is 13.5. The van der Waals surface area contributed by atoms with Gasteiger partial charge in [-0.25, -0.2) is 0 Å². The maximum atomic E-state index is 13.2. The minimum atomic E-state index is -0.652. The van der Waals surface area contributed by atoms with Crippen molar-refractivity contribution in [1.82, 2.24) is 4.90 Å². The summed E-state index contributed by atoms with van der Waals surface area (Å²) in [5, 5.41) is 11.2. The van der Waals surface area contributed by atoms with E-state index < -0.39 is 17.7 Å². The molecule has 0 radical (unpaired) electrons. The standard InChI is InChI=1S/C25H27NO5/c1-30-19-13-11-16(12-14-19)23(27)21-22(17-7-6-10-20(15-17)31-2)26(25(29)24(21)28)18-8-4-3-5-9-18/h6-7,10-15,18,22,27H,3-5,8-9H2,1-2H3/b23-21-. The lowest BCUT2D eigenvalue weighted by Crippen LogP contribution is -2.40. The van der Waals surface area contributed by atoms with Gasteiger partial charge in [0.2, 0.25) is 0 Å². The molecular formula is C25H27NO5. The molecule has 6 heteroatoms. The van der Waals surface area contributed by atoms with E-state index in [4.69, 9.17) is 9.47 Å². The predicted octanol–water partition coefficient (Wildman–Crippen LogP) is 4.46. The molecule has 1 saturated carbocycles. The van der Waals surface area contributed by atoms with E-state index in [1.54, 1.807) is 43.4 Å². The Bertz CT molecular complexity index is 1000. The summed E-state index contributed by atoms with van der Waals surface area (Å²) in [5.41, 5.74) is 1.34. The van der Waals surface area contributed by atoms with Gasteiger partial charge in [0.05, 0.1) is 25.8 Å². The first-order chi connectivity index (χ1) is 15.0. The van der Waals surface area contributed by atoms with Gasteiger partial charge in [-0.3, -0.25) is 9.59 Å². The highest BCUT2D eigenvalue weighted by Crippen LogP contribution is 2.43. The van der Waals surface area contributed by atoms with E-state index in [1.165, 1.54) is 0 Å². The van der Waals surface area contributed by atoms with Crippen LogP contribution in [0, 0.1) is 0 Å². The number of aliphatic hydroxyl groups is 1. The zero-order chi connectivity index (χ0) is 22.0. The van der Waals surface area contributed by atoms with Gasteiger partial charge in [0.1, 0.15) is 17.3 Å². The lowest BCUT2D eigenvalue weighted by molar-refractivity contribution is -0.141. The third-order valence-corrected chi connectivity index (χ3v) is 6.22. The van der Waals surface area contributed by atoms with Crippen LogP contribution < -0.4 is 9.47 Å². The molecule has 1 heterocycles. The molecule has 4 rings (SSSR count). The number of aliphatic hydroxyl groups excluding tert-OH is 1. The van der Waals surface area contributed by atoms with Gasteiger partial charge in [0.25, 0.3) is 11.7 Å². The number of carbonyl (C=O) groups excluding carboxylic acids is 2. The summed E-state index contributed by atoms with van der Waals surface area (Å²) in [7, 11) is 3.14. The summed E-state index contributed by atoms with van der Waals surface area (Å²) in [6.45, 7) is 0. The van der Waals surface area contributed by atoms with Crippen LogP contribution in [0.2, 0.25) is 0 Å². The molecule has 6 nitrogen and oxygen atoms in total. The molecule has 1 aliphatic heterocycles. The molecule has 1 unspecified atom stereocenters. The number of amides is 1. The molecule has 162 valence electrons. The molecule has 1 N–H and O–H groups in total. The van der Waals surface area contributed by atoms with Crippen LogP contribution in [0.4, 0.5) is 0 Å². The number of methoxy groups -OCH3 is 2. The normalized spacial score (nSPS) is 21.4. The number of benzene rings is 2. The highest BCUT2D eigenvalue weighted by atomic mass is 16.5. The Morgan fingerprint density at radius 3 is 2.26 bits per heavy atom. The fourth-order valence-corrected chi connectivity index (χ4v) is 4.63. The van der Waals surface area contributed by atoms with Crippen LogP contribution in [0.25, 0.3) is 5.76 Å². The van der Waals surface area contributed by atoms with Crippen molar-refractivity contribution >= 4 is 17.4 Å². The highest BCUT2D eigenvalue weighted by molar-refractivity contribution is 6.46. The summed E-state index contributed by atoms with van der Waals surface area (Å²) >= 11 is 0. The number of carbonyl (C=O) groups is 2. The maximum absolute atomic E-state index is 13.2. The van der Waals surface area contributed by atoms with Gasteiger partial charge in [0, 0.05) is 11.6 Å². The molecule has 2 aliphatic rings. The number of likely N-dealkylation sites (tertiary alicyclic amines) is 1. The van der Waals surface area contributed by atoms with Crippen molar-refractivity contribution in [3.63, 3.8) is 0 Å². The third-order valence-electron chi connectivity index (χ3n) is 6.22. The van der Waals surface area contributed by atoms with Gasteiger partial charge in [-0.05, 0) is 54.8 Å². The second-order valence-electron chi connectivity index (χ2n) is 8.00. The van der Waals surface area contributed by atoms with Gasteiger partial charge in [-0.2, -0.15) is 0 Å². The smallest absolute Gasteiger partial charge is 0.295 e. The number of nitrogens with zero attached hydrogens (tertiary/aromatic N) is 1. The molecule has 1 amide bonds. The summed E-state index contributed by atoms with van der Waals surface area (Å²) in [4.78, 5) is 28.0. The van der Waals surface area contributed by atoms with Gasteiger partial charge in [-0.1, -0.05) is 31.4 Å². The van der Waals surface area contributed by atoms with Crippen molar-refractivity contribution in [1.29, 1.82) is 0 Å². The molecule has 1 atom stereocenters. The lowest BCUT2D eigenvalue weighted by Gasteiger charge is -2.35. The third kappa shape index (κ3) is 3.90. The number of ketones is 1. The summed E-state index contributed by atoms with van der Waals surface area (Å²) < 4.78 is 10.6. The van der Waals surface area contributed by atoms with Crippen molar-refractivity contribution in [3.8, 4) is 11.5 Å². The number of hydrogen-bond donors (Lipinski definition) is 1.